The Hall–Kier alpha value is -1.32. The van der Waals surface area contributed by atoms with E-state index >= 15 is 0 Å². The molecule has 2 aromatic carbocycles. The lowest BCUT2D eigenvalue weighted by molar-refractivity contribution is 1.42. The lowest BCUT2D eigenvalue weighted by Crippen LogP contribution is -2.04. The molecule has 86 valence electrons. The van der Waals surface area contributed by atoms with Crippen LogP contribution in [-0.4, -0.2) is 4.32 Å². The van der Waals surface area contributed by atoms with Crippen LogP contribution in [0.4, 0.5) is 5.69 Å². The van der Waals surface area contributed by atoms with Gasteiger partial charge in [0.05, 0.1) is 0 Å². The molecule has 0 atom stereocenters. The number of anilines is 1. The Morgan fingerprint density at radius 3 is 2.18 bits per heavy atom. The zero-order valence-electron chi connectivity index (χ0n) is 9.30. The van der Waals surface area contributed by atoms with Crippen LogP contribution in [0.3, 0.4) is 0 Å². The summed E-state index contributed by atoms with van der Waals surface area (Å²) in [6, 6.07) is 20.3. The van der Waals surface area contributed by atoms with Gasteiger partial charge in [-0.1, -0.05) is 72.5 Å². The van der Waals surface area contributed by atoms with Crippen molar-refractivity contribution in [3.8, 4) is 0 Å². The molecule has 3 heteroatoms. The Morgan fingerprint density at radius 2 is 1.53 bits per heavy atom. The Labute approximate surface area is 111 Å². The number of thioether (sulfide) groups is 1. The van der Waals surface area contributed by atoms with Crippen LogP contribution in [0.15, 0.2) is 60.7 Å². The van der Waals surface area contributed by atoms with Gasteiger partial charge in [-0.3, -0.25) is 0 Å². The van der Waals surface area contributed by atoms with Crippen LogP contribution in [0.5, 0.6) is 0 Å². The van der Waals surface area contributed by atoms with Gasteiger partial charge < -0.3 is 5.32 Å². The van der Waals surface area contributed by atoms with E-state index in [0.29, 0.717) is 0 Å². The number of hydrogen-bond acceptors (Lipinski definition) is 2. The minimum Gasteiger partial charge on any atom is -0.341 e. The number of thiocarbonyl (C=S) groups is 1. The maximum absolute atomic E-state index is 5.29. The number of rotatable bonds is 3. The summed E-state index contributed by atoms with van der Waals surface area (Å²) in [5.74, 6) is 0.902. The first-order chi connectivity index (χ1) is 8.34. The molecular formula is C14H13NS2. The predicted octanol–water partition coefficient (Wildman–Crippen LogP) is 4.32. The van der Waals surface area contributed by atoms with Gasteiger partial charge in [-0.15, -0.1) is 0 Å². The summed E-state index contributed by atoms with van der Waals surface area (Å²) < 4.78 is 0.806. The Kier molecular flexibility index (Phi) is 4.59. The van der Waals surface area contributed by atoms with Crippen molar-refractivity contribution in [2.24, 2.45) is 0 Å². The van der Waals surface area contributed by atoms with E-state index in [1.54, 1.807) is 11.8 Å². The second kappa shape index (κ2) is 6.42. The first kappa shape index (κ1) is 12.1. The third-order valence-corrected chi connectivity index (χ3v) is 3.53. The molecule has 0 aromatic heterocycles. The summed E-state index contributed by atoms with van der Waals surface area (Å²) in [6.07, 6.45) is 0. The third-order valence-electron chi connectivity index (χ3n) is 2.23. The summed E-state index contributed by atoms with van der Waals surface area (Å²) >= 11 is 6.93. The normalized spacial score (nSPS) is 9.88. The molecule has 0 aliphatic heterocycles. The minimum atomic E-state index is 0.806. The maximum atomic E-state index is 5.29. The van der Waals surface area contributed by atoms with Gasteiger partial charge in [-0.25, -0.2) is 0 Å². The quantitative estimate of drug-likeness (QED) is 0.825. The molecule has 0 unspecified atom stereocenters. The Balaban J connectivity index is 1.83. The van der Waals surface area contributed by atoms with E-state index in [-0.39, 0.29) is 0 Å². The van der Waals surface area contributed by atoms with Crippen molar-refractivity contribution in [2.45, 2.75) is 5.75 Å². The van der Waals surface area contributed by atoms with Gasteiger partial charge in [0.1, 0.15) is 4.32 Å². The number of nitrogens with one attached hydrogen (secondary N) is 1. The fraction of sp³-hybridized carbons (Fsp3) is 0.0714. The fourth-order valence-corrected chi connectivity index (χ4v) is 2.37. The standard InChI is InChI=1S/C14H13NS2/c16-14(15-13-9-5-2-6-10-13)17-11-12-7-3-1-4-8-12/h1-10H,11H2,(H,15,16). The van der Waals surface area contributed by atoms with Gasteiger partial charge in [0, 0.05) is 11.4 Å². The predicted molar refractivity (Wildman–Crippen MR) is 80.4 cm³/mol. The Bertz CT molecular complexity index is 468. The van der Waals surface area contributed by atoms with E-state index in [0.717, 1.165) is 15.8 Å². The van der Waals surface area contributed by atoms with Crippen LogP contribution >= 0.6 is 24.0 Å². The molecule has 17 heavy (non-hydrogen) atoms. The lowest BCUT2D eigenvalue weighted by atomic mass is 10.2. The third kappa shape index (κ3) is 4.21. The molecule has 0 radical (unpaired) electrons. The SMILES string of the molecule is S=C(Nc1ccccc1)SCc1ccccc1. The van der Waals surface area contributed by atoms with Crippen LogP contribution in [0.2, 0.25) is 0 Å². The second-order valence-corrected chi connectivity index (χ2v) is 5.21. The first-order valence-corrected chi connectivity index (χ1v) is 6.77. The molecule has 0 amide bonds. The summed E-state index contributed by atoms with van der Waals surface area (Å²) in [5, 5.41) is 3.21. The molecule has 0 saturated heterocycles. The molecule has 2 aromatic rings. The summed E-state index contributed by atoms with van der Waals surface area (Å²) in [6.45, 7) is 0. The van der Waals surface area contributed by atoms with Crippen molar-refractivity contribution >= 4 is 34.0 Å². The van der Waals surface area contributed by atoms with Crippen molar-refractivity contribution < 1.29 is 0 Å². The minimum absolute atomic E-state index is 0.806. The van der Waals surface area contributed by atoms with Gasteiger partial charge in [0.2, 0.25) is 0 Å². The molecular weight excluding hydrogens is 246 g/mol. The summed E-state index contributed by atoms with van der Waals surface area (Å²) in [5.41, 5.74) is 2.33. The second-order valence-electron chi connectivity index (χ2n) is 3.55. The van der Waals surface area contributed by atoms with E-state index in [1.807, 2.05) is 48.5 Å². The largest absolute Gasteiger partial charge is 0.341 e. The van der Waals surface area contributed by atoms with Gasteiger partial charge in [0.15, 0.2) is 0 Å². The molecule has 0 aliphatic carbocycles. The highest BCUT2D eigenvalue weighted by Gasteiger charge is 1.99. The summed E-state index contributed by atoms with van der Waals surface area (Å²) in [4.78, 5) is 0. The van der Waals surface area contributed by atoms with Crippen molar-refractivity contribution in [3.63, 3.8) is 0 Å². The molecule has 1 nitrogen and oxygen atoms in total. The molecule has 0 bridgehead atoms. The molecule has 0 saturated carbocycles. The zero-order valence-corrected chi connectivity index (χ0v) is 10.9. The van der Waals surface area contributed by atoms with E-state index in [4.69, 9.17) is 12.2 Å². The molecule has 0 heterocycles. The van der Waals surface area contributed by atoms with Crippen LogP contribution in [0.1, 0.15) is 5.56 Å². The topological polar surface area (TPSA) is 12.0 Å². The van der Waals surface area contributed by atoms with Gasteiger partial charge >= 0.3 is 0 Å². The van der Waals surface area contributed by atoms with Crippen LogP contribution in [0, 0.1) is 0 Å². The highest BCUT2D eigenvalue weighted by Crippen LogP contribution is 2.16. The van der Waals surface area contributed by atoms with E-state index < -0.39 is 0 Å². The van der Waals surface area contributed by atoms with Gasteiger partial charge in [-0.2, -0.15) is 0 Å². The van der Waals surface area contributed by atoms with Crippen molar-refractivity contribution in [1.82, 2.24) is 0 Å². The van der Waals surface area contributed by atoms with Crippen molar-refractivity contribution in [1.29, 1.82) is 0 Å². The molecule has 0 fully saturated rings. The van der Waals surface area contributed by atoms with Gasteiger partial charge in [0.25, 0.3) is 0 Å². The number of para-hydroxylation sites is 1. The maximum Gasteiger partial charge on any atom is 0.138 e. The average molecular weight is 259 g/mol. The average Bonchev–Trinajstić information content (AvgIpc) is 2.39. The zero-order chi connectivity index (χ0) is 11.9. The fourth-order valence-electron chi connectivity index (χ4n) is 1.40. The van der Waals surface area contributed by atoms with Crippen LogP contribution in [-0.2, 0) is 5.75 Å². The highest BCUT2D eigenvalue weighted by molar-refractivity contribution is 8.22. The lowest BCUT2D eigenvalue weighted by Gasteiger charge is -2.07. The smallest absolute Gasteiger partial charge is 0.138 e. The van der Waals surface area contributed by atoms with Crippen LogP contribution < -0.4 is 5.32 Å². The monoisotopic (exact) mass is 259 g/mol. The van der Waals surface area contributed by atoms with E-state index in [9.17, 15) is 0 Å². The van der Waals surface area contributed by atoms with E-state index in [2.05, 4.69) is 17.4 Å². The van der Waals surface area contributed by atoms with Gasteiger partial charge in [-0.05, 0) is 17.7 Å². The molecule has 0 spiro atoms. The Morgan fingerprint density at radius 1 is 0.941 bits per heavy atom. The number of benzene rings is 2. The molecule has 2 rings (SSSR count). The molecule has 1 N–H and O–H groups in total. The number of hydrogen-bond donors (Lipinski definition) is 1. The summed E-state index contributed by atoms with van der Waals surface area (Å²) in [7, 11) is 0. The first-order valence-electron chi connectivity index (χ1n) is 5.37. The van der Waals surface area contributed by atoms with Crippen molar-refractivity contribution in [3.05, 3.63) is 66.2 Å². The molecule has 0 aliphatic rings. The highest BCUT2D eigenvalue weighted by atomic mass is 32.2. The van der Waals surface area contributed by atoms with Crippen LogP contribution in [0.25, 0.3) is 0 Å². The van der Waals surface area contributed by atoms with E-state index in [1.165, 1.54) is 5.56 Å². The van der Waals surface area contributed by atoms with Crippen molar-refractivity contribution in [2.75, 3.05) is 5.32 Å².